The lowest BCUT2D eigenvalue weighted by Crippen LogP contribution is -2.18. The lowest BCUT2D eigenvalue weighted by molar-refractivity contribution is -0.124. The summed E-state index contributed by atoms with van der Waals surface area (Å²) in [7, 11) is -1.93. The van der Waals surface area contributed by atoms with Crippen LogP contribution in [0.4, 0.5) is 5.69 Å². The fourth-order valence-corrected chi connectivity index (χ4v) is 3.57. The monoisotopic (exact) mass is 399 g/mol. The van der Waals surface area contributed by atoms with Gasteiger partial charge in [-0.1, -0.05) is 30.2 Å². The summed E-state index contributed by atoms with van der Waals surface area (Å²) in [5, 5.41) is 8.50. The van der Waals surface area contributed by atoms with Crippen LogP contribution in [0.25, 0.3) is 6.08 Å². The van der Waals surface area contributed by atoms with Gasteiger partial charge in [0.2, 0.25) is 0 Å². The average Bonchev–Trinajstić information content (AvgIpc) is 2.66. The summed E-state index contributed by atoms with van der Waals surface area (Å²) in [4.78, 5) is 13.1. The summed E-state index contributed by atoms with van der Waals surface area (Å²) in [5.41, 5.74) is 3.32. The first-order valence-corrected chi connectivity index (χ1v) is 9.78. The molecule has 2 aromatic rings. The van der Waals surface area contributed by atoms with Crippen LogP contribution in [0.3, 0.4) is 0 Å². The van der Waals surface area contributed by atoms with Gasteiger partial charge >= 0.3 is 0 Å². The lowest BCUT2D eigenvalue weighted by atomic mass is 10.2. The summed E-state index contributed by atoms with van der Waals surface area (Å²) >= 11 is 0. The number of anilines is 1. The molecular formula is C20H21N3O4S. The average molecular weight is 399 g/mol. The third kappa shape index (κ3) is 6.25. The van der Waals surface area contributed by atoms with Gasteiger partial charge in [-0.15, -0.1) is 6.42 Å². The predicted molar refractivity (Wildman–Crippen MR) is 108 cm³/mol. The number of carbonyl (C=O) groups is 1. The first-order chi connectivity index (χ1) is 13.3. The molecule has 0 saturated heterocycles. The number of amides is 1. The molecule has 8 heteroatoms. The van der Waals surface area contributed by atoms with Crippen LogP contribution in [0, 0.1) is 12.3 Å². The largest absolute Gasteiger partial charge is 0.291 e. The Bertz CT molecular complexity index is 1010. The second-order valence-electron chi connectivity index (χ2n) is 6.06. The quantitative estimate of drug-likeness (QED) is 0.273. The number of nitrogens with zero attached hydrogens (tertiary/aromatic N) is 1. The number of benzene rings is 2. The first-order valence-electron chi connectivity index (χ1n) is 8.30. The van der Waals surface area contributed by atoms with Crippen LogP contribution in [0.2, 0.25) is 0 Å². The van der Waals surface area contributed by atoms with Crippen molar-refractivity contribution in [1.82, 2.24) is 10.4 Å². The summed E-state index contributed by atoms with van der Waals surface area (Å²) < 4.78 is 27.9. The third-order valence-electron chi connectivity index (χ3n) is 3.70. The smallest absolute Gasteiger partial charge is 0.267 e. The molecule has 0 bridgehead atoms. The molecule has 0 atom stereocenters. The van der Waals surface area contributed by atoms with Crippen LogP contribution in [0.1, 0.15) is 11.1 Å². The SMILES string of the molecule is C#CCN(C)Cc1cccc(NS(=O)(=O)c2cccc(/C=C/C(=O)NO)c2)c1. The molecule has 0 aliphatic carbocycles. The van der Waals surface area contributed by atoms with Gasteiger partial charge in [0.05, 0.1) is 11.4 Å². The predicted octanol–water partition coefficient (Wildman–Crippen LogP) is 2.07. The zero-order chi connectivity index (χ0) is 20.6. The molecule has 146 valence electrons. The molecule has 3 N–H and O–H groups in total. The number of hydroxylamine groups is 1. The van der Waals surface area contributed by atoms with E-state index in [1.165, 1.54) is 23.7 Å². The van der Waals surface area contributed by atoms with Gasteiger partial charge in [-0.2, -0.15) is 0 Å². The second kappa shape index (κ2) is 9.71. The van der Waals surface area contributed by atoms with E-state index in [9.17, 15) is 13.2 Å². The van der Waals surface area contributed by atoms with E-state index in [0.29, 0.717) is 24.3 Å². The van der Waals surface area contributed by atoms with Crippen molar-refractivity contribution in [2.24, 2.45) is 0 Å². The molecule has 0 aromatic heterocycles. The van der Waals surface area contributed by atoms with Crippen LogP contribution in [-0.2, 0) is 21.4 Å². The van der Waals surface area contributed by atoms with Gasteiger partial charge < -0.3 is 0 Å². The van der Waals surface area contributed by atoms with E-state index in [1.807, 2.05) is 18.0 Å². The van der Waals surface area contributed by atoms with Crippen LogP contribution < -0.4 is 10.2 Å². The van der Waals surface area contributed by atoms with Crippen molar-refractivity contribution >= 4 is 27.7 Å². The van der Waals surface area contributed by atoms with Crippen molar-refractivity contribution in [3.8, 4) is 12.3 Å². The Morgan fingerprint density at radius 3 is 2.71 bits per heavy atom. The molecular weight excluding hydrogens is 378 g/mol. The molecule has 0 saturated carbocycles. The molecule has 0 aliphatic rings. The highest BCUT2D eigenvalue weighted by Gasteiger charge is 2.14. The molecule has 2 aromatic carbocycles. The maximum absolute atomic E-state index is 12.7. The van der Waals surface area contributed by atoms with E-state index in [-0.39, 0.29) is 4.90 Å². The van der Waals surface area contributed by atoms with E-state index >= 15 is 0 Å². The zero-order valence-electron chi connectivity index (χ0n) is 15.3. The highest BCUT2D eigenvalue weighted by atomic mass is 32.2. The van der Waals surface area contributed by atoms with Crippen molar-refractivity contribution in [2.75, 3.05) is 18.3 Å². The van der Waals surface area contributed by atoms with Gasteiger partial charge in [-0.25, -0.2) is 13.9 Å². The highest BCUT2D eigenvalue weighted by Crippen LogP contribution is 2.19. The van der Waals surface area contributed by atoms with Gasteiger partial charge in [0.1, 0.15) is 0 Å². The molecule has 0 radical (unpaired) electrons. The Kier molecular flexibility index (Phi) is 7.35. The minimum absolute atomic E-state index is 0.0499. The van der Waals surface area contributed by atoms with Gasteiger partial charge in [0.15, 0.2) is 0 Å². The maximum atomic E-state index is 12.7. The third-order valence-corrected chi connectivity index (χ3v) is 5.08. The lowest BCUT2D eigenvalue weighted by Gasteiger charge is -2.14. The van der Waals surface area contributed by atoms with E-state index in [2.05, 4.69) is 10.6 Å². The number of carbonyl (C=O) groups excluding carboxylic acids is 1. The highest BCUT2D eigenvalue weighted by molar-refractivity contribution is 7.92. The van der Waals surface area contributed by atoms with Crippen molar-refractivity contribution in [3.63, 3.8) is 0 Å². The Balaban J connectivity index is 2.19. The molecule has 1 amide bonds. The van der Waals surface area contributed by atoms with Crippen molar-refractivity contribution in [3.05, 3.63) is 65.7 Å². The molecule has 7 nitrogen and oxygen atoms in total. The number of hydrogen-bond acceptors (Lipinski definition) is 5. The van der Waals surface area contributed by atoms with Crippen molar-refractivity contribution in [2.45, 2.75) is 11.4 Å². The molecule has 0 fully saturated rings. The molecule has 0 aliphatic heterocycles. The minimum Gasteiger partial charge on any atom is -0.291 e. The van der Waals surface area contributed by atoms with Gasteiger partial charge in [0, 0.05) is 18.3 Å². The number of sulfonamides is 1. The fourth-order valence-electron chi connectivity index (χ4n) is 2.47. The summed E-state index contributed by atoms with van der Waals surface area (Å²) in [6.07, 6.45) is 7.78. The summed E-state index contributed by atoms with van der Waals surface area (Å²) in [5.74, 6) is 1.85. The summed E-state index contributed by atoms with van der Waals surface area (Å²) in [6.45, 7) is 1.08. The number of hydrogen-bond donors (Lipinski definition) is 3. The normalized spacial score (nSPS) is 11.4. The Morgan fingerprint density at radius 1 is 1.25 bits per heavy atom. The van der Waals surface area contributed by atoms with Crippen LogP contribution >= 0.6 is 0 Å². The van der Waals surface area contributed by atoms with Crippen LogP contribution in [-0.4, -0.2) is 38.0 Å². The molecule has 28 heavy (non-hydrogen) atoms. The Hall–Kier alpha value is -3.12. The van der Waals surface area contributed by atoms with Gasteiger partial charge in [-0.3, -0.25) is 19.6 Å². The molecule has 0 spiro atoms. The standard InChI is InChI=1S/C20H21N3O4S/c1-3-12-23(2)15-17-7-4-8-18(13-17)22-28(26,27)19-9-5-6-16(14-19)10-11-20(24)21-25/h1,4-11,13-14,22,25H,12,15H2,2H3,(H,21,24)/b11-10+. The Morgan fingerprint density at radius 2 is 2.00 bits per heavy atom. The van der Waals surface area contributed by atoms with E-state index < -0.39 is 15.9 Å². The maximum Gasteiger partial charge on any atom is 0.267 e. The van der Waals surface area contributed by atoms with Gasteiger partial charge in [0.25, 0.3) is 15.9 Å². The number of nitrogens with one attached hydrogen (secondary N) is 2. The van der Waals surface area contributed by atoms with Gasteiger partial charge in [-0.05, 0) is 48.5 Å². The van der Waals surface area contributed by atoms with Crippen molar-refractivity contribution in [1.29, 1.82) is 0 Å². The van der Waals surface area contributed by atoms with Crippen molar-refractivity contribution < 1.29 is 18.4 Å². The van der Waals surface area contributed by atoms with Crippen LogP contribution in [0.15, 0.2) is 59.5 Å². The second-order valence-corrected chi connectivity index (χ2v) is 7.75. The molecule has 0 heterocycles. The fraction of sp³-hybridized carbons (Fsp3) is 0.150. The van der Waals surface area contributed by atoms with E-state index in [1.54, 1.807) is 30.3 Å². The first kappa shape index (κ1) is 21.2. The number of rotatable bonds is 8. The minimum atomic E-state index is -3.82. The van der Waals surface area contributed by atoms with E-state index in [4.69, 9.17) is 11.6 Å². The Labute approximate surface area is 164 Å². The topological polar surface area (TPSA) is 98.7 Å². The number of terminal acetylenes is 1. The van der Waals surface area contributed by atoms with E-state index in [0.717, 1.165) is 11.6 Å². The summed E-state index contributed by atoms with van der Waals surface area (Å²) in [6, 6.07) is 13.2. The molecule has 0 unspecified atom stereocenters. The van der Waals surface area contributed by atoms with Crippen LogP contribution in [0.5, 0.6) is 0 Å². The molecule has 2 rings (SSSR count). The zero-order valence-corrected chi connectivity index (χ0v) is 16.1.